The number of benzene rings is 1. The third kappa shape index (κ3) is 2.00. The zero-order valence-electron chi connectivity index (χ0n) is 10.2. The summed E-state index contributed by atoms with van der Waals surface area (Å²) in [6.45, 7) is 3.80. The molecule has 0 atom stereocenters. The van der Waals surface area contributed by atoms with Gasteiger partial charge in [-0.05, 0) is 18.7 Å². The van der Waals surface area contributed by atoms with E-state index in [-0.39, 0.29) is 0 Å². The number of hydrogen-bond donors (Lipinski definition) is 2. The summed E-state index contributed by atoms with van der Waals surface area (Å²) in [5, 5.41) is 3.25. The van der Waals surface area contributed by atoms with Gasteiger partial charge < -0.3 is 10.3 Å². The molecule has 0 unspecified atom stereocenters. The van der Waals surface area contributed by atoms with Gasteiger partial charge in [-0.15, -0.1) is 0 Å². The molecule has 0 aliphatic carbocycles. The molecule has 5 heteroatoms. The number of aromatic amines is 1. The van der Waals surface area contributed by atoms with Crippen molar-refractivity contribution in [2.24, 2.45) is 0 Å². The van der Waals surface area contributed by atoms with Crippen molar-refractivity contribution in [3.63, 3.8) is 0 Å². The van der Waals surface area contributed by atoms with Gasteiger partial charge in [0.15, 0.2) is 0 Å². The number of nitrogens with zero attached hydrogens (tertiary/aromatic N) is 3. The van der Waals surface area contributed by atoms with E-state index in [0.717, 1.165) is 35.8 Å². The van der Waals surface area contributed by atoms with Crippen molar-refractivity contribution < 1.29 is 0 Å². The van der Waals surface area contributed by atoms with Crippen LogP contribution in [-0.2, 0) is 6.54 Å². The summed E-state index contributed by atoms with van der Waals surface area (Å²) in [7, 11) is 0. The Balaban J connectivity index is 1.91. The minimum Gasteiger partial charge on any atom is -0.323 e. The van der Waals surface area contributed by atoms with Crippen LogP contribution in [0, 0.1) is 0 Å². The second-order valence-electron chi connectivity index (χ2n) is 4.13. The largest absolute Gasteiger partial charge is 0.323 e. The van der Waals surface area contributed by atoms with E-state index in [4.69, 9.17) is 0 Å². The Bertz CT molecular complexity index is 619. The average Bonchev–Trinajstić information content (AvgIpc) is 3.02. The molecule has 92 valence electrons. The van der Waals surface area contributed by atoms with Gasteiger partial charge in [-0.1, -0.05) is 19.1 Å². The fourth-order valence-electron chi connectivity index (χ4n) is 1.89. The highest BCUT2D eigenvalue weighted by Crippen LogP contribution is 2.13. The van der Waals surface area contributed by atoms with Crippen molar-refractivity contribution >= 4 is 11.0 Å². The van der Waals surface area contributed by atoms with Gasteiger partial charge in [-0.2, -0.15) is 0 Å². The summed E-state index contributed by atoms with van der Waals surface area (Å²) in [5.41, 5.74) is 3.01. The van der Waals surface area contributed by atoms with Crippen LogP contribution >= 0.6 is 0 Å². The molecule has 1 aromatic carbocycles. The molecule has 0 saturated heterocycles. The zero-order valence-corrected chi connectivity index (χ0v) is 10.2. The second-order valence-corrected chi connectivity index (χ2v) is 4.13. The van der Waals surface area contributed by atoms with E-state index < -0.39 is 0 Å². The summed E-state index contributed by atoms with van der Waals surface area (Å²) < 4.78 is 1.91. The van der Waals surface area contributed by atoms with Crippen LogP contribution in [0.15, 0.2) is 36.8 Å². The van der Waals surface area contributed by atoms with Gasteiger partial charge >= 0.3 is 0 Å². The van der Waals surface area contributed by atoms with Gasteiger partial charge in [0.1, 0.15) is 6.33 Å². The van der Waals surface area contributed by atoms with Crippen molar-refractivity contribution in [3.05, 3.63) is 42.5 Å². The van der Waals surface area contributed by atoms with E-state index in [1.54, 1.807) is 6.33 Å². The Labute approximate surface area is 105 Å². The molecule has 0 aliphatic rings. The van der Waals surface area contributed by atoms with Crippen LogP contribution in [0.25, 0.3) is 17.0 Å². The van der Waals surface area contributed by atoms with Gasteiger partial charge in [0.25, 0.3) is 0 Å². The second kappa shape index (κ2) is 4.62. The van der Waals surface area contributed by atoms with Crippen molar-refractivity contribution in [2.75, 3.05) is 6.54 Å². The Morgan fingerprint density at radius 3 is 3.06 bits per heavy atom. The van der Waals surface area contributed by atoms with Crippen molar-refractivity contribution in [1.29, 1.82) is 0 Å². The standard InChI is InChI=1S/C13H15N5/c1-2-14-7-10-8-18(9-15-10)13-16-11-5-3-4-6-12(11)17-13/h3-6,8-9,14H,2,7H2,1H3,(H,16,17). The molecule has 0 aliphatic heterocycles. The highest BCUT2D eigenvalue weighted by Gasteiger charge is 2.05. The normalized spacial score (nSPS) is 11.2. The molecule has 2 N–H and O–H groups in total. The third-order valence-corrected chi connectivity index (χ3v) is 2.81. The van der Waals surface area contributed by atoms with Gasteiger partial charge in [0, 0.05) is 12.7 Å². The Kier molecular flexibility index (Phi) is 2.82. The van der Waals surface area contributed by atoms with Crippen LogP contribution in [0.3, 0.4) is 0 Å². The zero-order chi connectivity index (χ0) is 12.4. The molecule has 2 heterocycles. The van der Waals surface area contributed by atoms with E-state index in [0.29, 0.717) is 0 Å². The van der Waals surface area contributed by atoms with E-state index in [1.165, 1.54) is 0 Å². The molecule has 0 amide bonds. The van der Waals surface area contributed by atoms with Crippen molar-refractivity contribution in [3.8, 4) is 5.95 Å². The van der Waals surface area contributed by atoms with Crippen molar-refractivity contribution in [2.45, 2.75) is 13.5 Å². The van der Waals surface area contributed by atoms with Crippen molar-refractivity contribution in [1.82, 2.24) is 24.8 Å². The maximum Gasteiger partial charge on any atom is 0.213 e. The summed E-state index contributed by atoms with van der Waals surface area (Å²) in [6, 6.07) is 7.99. The predicted molar refractivity (Wildman–Crippen MR) is 70.6 cm³/mol. The minimum atomic E-state index is 0.781. The van der Waals surface area contributed by atoms with E-state index >= 15 is 0 Å². The first-order valence-electron chi connectivity index (χ1n) is 6.05. The Morgan fingerprint density at radius 1 is 1.33 bits per heavy atom. The molecule has 3 rings (SSSR count). The first-order chi connectivity index (χ1) is 8.86. The molecule has 3 aromatic rings. The predicted octanol–water partition coefficient (Wildman–Crippen LogP) is 1.86. The molecule has 18 heavy (non-hydrogen) atoms. The van der Waals surface area contributed by atoms with E-state index in [1.807, 2.05) is 35.0 Å². The highest BCUT2D eigenvalue weighted by atomic mass is 15.2. The quantitative estimate of drug-likeness (QED) is 0.733. The molecular weight excluding hydrogens is 226 g/mol. The maximum absolute atomic E-state index is 4.52. The third-order valence-electron chi connectivity index (χ3n) is 2.81. The summed E-state index contributed by atoms with van der Waals surface area (Å²) in [4.78, 5) is 12.1. The number of aromatic nitrogens is 4. The van der Waals surface area contributed by atoms with Gasteiger partial charge in [0.2, 0.25) is 5.95 Å². The van der Waals surface area contributed by atoms with Crippen LogP contribution in [0.5, 0.6) is 0 Å². The molecule has 0 saturated carbocycles. The first-order valence-corrected chi connectivity index (χ1v) is 6.05. The first kappa shape index (κ1) is 11.0. The number of para-hydroxylation sites is 2. The average molecular weight is 241 g/mol. The Morgan fingerprint density at radius 2 is 2.22 bits per heavy atom. The SMILES string of the molecule is CCNCc1cn(-c2nc3ccccc3[nH]2)cn1. The number of imidazole rings is 2. The Hall–Kier alpha value is -2.14. The van der Waals surface area contributed by atoms with Crippen LogP contribution in [0.4, 0.5) is 0 Å². The number of hydrogen-bond acceptors (Lipinski definition) is 3. The van der Waals surface area contributed by atoms with Crippen LogP contribution in [-0.4, -0.2) is 26.1 Å². The highest BCUT2D eigenvalue weighted by molar-refractivity contribution is 5.75. The molecule has 0 bridgehead atoms. The maximum atomic E-state index is 4.52. The summed E-state index contributed by atoms with van der Waals surface area (Å²) >= 11 is 0. The molecular formula is C13H15N5. The van der Waals surface area contributed by atoms with Gasteiger partial charge in [0.05, 0.1) is 16.7 Å². The lowest BCUT2D eigenvalue weighted by Crippen LogP contribution is -2.11. The molecule has 0 radical (unpaired) electrons. The van der Waals surface area contributed by atoms with Gasteiger partial charge in [-0.25, -0.2) is 9.97 Å². The van der Waals surface area contributed by atoms with E-state index in [9.17, 15) is 0 Å². The number of nitrogens with one attached hydrogen (secondary N) is 2. The lowest BCUT2D eigenvalue weighted by atomic mass is 10.3. The fraction of sp³-hybridized carbons (Fsp3) is 0.231. The number of rotatable bonds is 4. The van der Waals surface area contributed by atoms with Crippen LogP contribution in [0.2, 0.25) is 0 Å². The molecule has 5 nitrogen and oxygen atoms in total. The number of fused-ring (bicyclic) bond motifs is 1. The van der Waals surface area contributed by atoms with Crippen LogP contribution < -0.4 is 5.32 Å². The fourth-order valence-corrected chi connectivity index (χ4v) is 1.89. The number of H-pyrrole nitrogens is 1. The summed E-state index contributed by atoms with van der Waals surface area (Å²) in [6.07, 6.45) is 3.77. The molecule has 0 fully saturated rings. The topological polar surface area (TPSA) is 58.5 Å². The monoisotopic (exact) mass is 241 g/mol. The lowest BCUT2D eigenvalue weighted by molar-refractivity contribution is 0.713. The smallest absolute Gasteiger partial charge is 0.213 e. The van der Waals surface area contributed by atoms with E-state index in [2.05, 4.69) is 27.2 Å². The lowest BCUT2D eigenvalue weighted by Gasteiger charge is -1.96. The molecule has 2 aromatic heterocycles. The van der Waals surface area contributed by atoms with Crippen LogP contribution in [0.1, 0.15) is 12.6 Å². The minimum absolute atomic E-state index is 0.781. The van der Waals surface area contributed by atoms with Gasteiger partial charge in [-0.3, -0.25) is 4.57 Å². The summed E-state index contributed by atoms with van der Waals surface area (Å²) in [5.74, 6) is 0.798. The molecule has 0 spiro atoms.